The Bertz CT molecular complexity index is 559. The summed E-state index contributed by atoms with van der Waals surface area (Å²) in [5, 5.41) is 5.82. The second kappa shape index (κ2) is 8.21. The van der Waals surface area contributed by atoms with Gasteiger partial charge in [-0.2, -0.15) is 13.2 Å². The molecule has 1 aromatic rings. The minimum Gasteiger partial charge on any atom is -0.369 e. The van der Waals surface area contributed by atoms with Gasteiger partial charge in [0.15, 0.2) is 5.96 Å². The van der Waals surface area contributed by atoms with E-state index >= 15 is 0 Å². The summed E-state index contributed by atoms with van der Waals surface area (Å²) in [6.07, 6.45) is -3.31. The van der Waals surface area contributed by atoms with Crippen LogP contribution >= 0.6 is 0 Å². The largest absolute Gasteiger partial charge is 0.390 e. The molecule has 4 nitrogen and oxygen atoms in total. The second-order valence-corrected chi connectivity index (χ2v) is 5.77. The van der Waals surface area contributed by atoms with Crippen molar-refractivity contribution >= 4 is 11.6 Å². The van der Waals surface area contributed by atoms with Gasteiger partial charge in [0.05, 0.1) is 6.42 Å². The number of piperidine rings is 1. The van der Waals surface area contributed by atoms with Crippen molar-refractivity contribution in [2.75, 3.05) is 31.6 Å². The van der Waals surface area contributed by atoms with Crippen LogP contribution in [0.25, 0.3) is 0 Å². The minimum atomic E-state index is -4.19. The molecule has 24 heavy (non-hydrogen) atoms. The van der Waals surface area contributed by atoms with Crippen LogP contribution in [0.15, 0.2) is 29.3 Å². The molecule has 0 amide bonds. The maximum atomic E-state index is 13.4. The van der Waals surface area contributed by atoms with E-state index in [4.69, 9.17) is 0 Å². The molecule has 2 rings (SSSR count). The lowest BCUT2D eigenvalue weighted by Gasteiger charge is -2.35. The van der Waals surface area contributed by atoms with Crippen LogP contribution in [0.2, 0.25) is 0 Å². The summed E-state index contributed by atoms with van der Waals surface area (Å²) in [4.78, 5) is 6.02. The van der Waals surface area contributed by atoms with Gasteiger partial charge in [0.2, 0.25) is 0 Å². The number of benzene rings is 1. The molecule has 0 saturated carbocycles. The number of aliphatic imine (C=N–C) groups is 1. The zero-order valence-electron chi connectivity index (χ0n) is 13.5. The summed E-state index contributed by atoms with van der Waals surface area (Å²) in [6, 6.07) is 6.44. The van der Waals surface area contributed by atoms with Crippen molar-refractivity contribution in [2.45, 2.75) is 31.5 Å². The smallest absolute Gasteiger partial charge is 0.369 e. The fraction of sp³-hybridized carbons (Fsp3) is 0.562. The Morgan fingerprint density at radius 1 is 1.38 bits per heavy atom. The highest BCUT2D eigenvalue weighted by atomic mass is 19.4. The Hall–Kier alpha value is -1.99. The number of halogens is 4. The van der Waals surface area contributed by atoms with E-state index in [1.165, 1.54) is 19.2 Å². The van der Waals surface area contributed by atoms with Crippen LogP contribution in [-0.2, 0) is 0 Å². The predicted molar refractivity (Wildman–Crippen MR) is 86.8 cm³/mol. The van der Waals surface area contributed by atoms with Gasteiger partial charge in [-0.3, -0.25) is 4.99 Å². The average Bonchev–Trinajstić information content (AvgIpc) is 2.53. The van der Waals surface area contributed by atoms with Crippen molar-refractivity contribution in [1.82, 2.24) is 10.6 Å². The molecule has 1 atom stereocenters. The Morgan fingerprint density at radius 3 is 2.83 bits per heavy atom. The van der Waals surface area contributed by atoms with Crippen molar-refractivity contribution in [3.63, 3.8) is 0 Å². The van der Waals surface area contributed by atoms with E-state index in [0.29, 0.717) is 12.5 Å². The Labute approximate surface area is 138 Å². The molecule has 2 N–H and O–H groups in total. The topological polar surface area (TPSA) is 39.7 Å². The van der Waals surface area contributed by atoms with Crippen LogP contribution in [-0.4, -0.2) is 44.9 Å². The van der Waals surface area contributed by atoms with Gasteiger partial charge < -0.3 is 15.5 Å². The standard InChI is InChI=1S/C16H22F4N4/c1-21-15(22-8-7-16(18,19)20)23-13-5-3-9-24(11-13)14-6-2-4-12(17)10-14/h2,4,6,10,13H,3,5,7-9,11H2,1H3,(H2,21,22,23). The number of anilines is 1. The third-order valence-electron chi connectivity index (χ3n) is 3.86. The Morgan fingerprint density at radius 2 is 2.17 bits per heavy atom. The minimum absolute atomic E-state index is 0.0408. The van der Waals surface area contributed by atoms with Crippen LogP contribution in [0.1, 0.15) is 19.3 Å². The van der Waals surface area contributed by atoms with Gasteiger partial charge in [-0.1, -0.05) is 6.07 Å². The Balaban J connectivity index is 1.87. The molecule has 0 bridgehead atoms. The molecule has 1 heterocycles. The summed E-state index contributed by atoms with van der Waals surface area (Å²) in [6.45, 7) is 1.24. The summed E-state index contributed by atoms with van der Waals surface area (Å²) >= 11 is 0. The quantitative estimate of drug-likeness (QED) is 0.500. The maximum Gasteiger partial charge on any atom is 0.390 e. The van der Waals surface area contributed by atoms with E-state index in [1.807, 2.05) is 6.07 Å². The first kappa shape index (κ1) is 18.4. The maximum absolute atomic E-state index is 13.4. The van der Waals surface area contributed by atoms with Crippen LogP contribution in [0.4, 0.5) is 23.2 Å². The lowest BCUT2D eigenvalue weighted by atomic mass is 10.0. The molecule has 0 spiro atoms. The molecular weight excluding hydrogens is 324 g/mol. The summed E-state index contributed by atoms with van der Waals surface area (Å²) in [5.41, 5.74) is 0.807. The highest BCUT2D eigenvalue weighted by Crippen LogP contribution is 2.21. The molecule has 1 aliphatic rings. The number of hydrogen-bond donors (Lipinski definition) is 2. The Kier molecular flexibility index (Phi) is 6.28. The summed E-state index contributed by atoms with van der Waals surface area (Å²) < 4.78 is 50.0. The predicted octanol–water partition coefficient (Wildman–Crippen LogP) is 2.91. The first-order valence-corrected chi connectivity index (χ1v) is 7.92. The monoisotopic (exact) mass is 346 g/mol. The van der Waals surface area contributed by atoms with E-state index in [2.05, 4.69) is 20.5 Å². The molecule has 1 fully saturated rings. The highest BCUT2D eigenvalue weighted by molar-refractivity contribution is 5.80. The van der Waals surface area contributed by atoms with Crippen molar-refractivity contribution < 1.29 is 17.6 Å². The summed E-state index contributed by atoms with van der Waals surface area (Å²) in [7, 11) is 1.52. The van der Waals surface area contributed by atoms with Crippen LogP contribution in [0, 0.1) is 5.82 Å². The first-order valence-electron chi connectivity index (χ1n) is 7.92. The number of guanidine groups is 1. The third-order valence-corrected chi connectivity index (χ3v) is 3.86. The van der Waals surface area contributed by atoms with Gasteiger partial charge in [0, 0.05) is 38.4 Å². The van der Waals surface area contributed by atoms with Gasteiger partial charge in [-0.15, -0.1) is 0 Å². The van der Waals surface area contributed by atoms with Gasteiger partial charge in [0.25, 0.3) is 0 Å². The highest BCUT2D eigenvalue weighted by Gasteiger charge is 2.27. The van der Waals surface area contributed by atoms with Crippen LogP contribution < -0.4 is 15.5 Å². The molecule has 134 valence electrons. The van der Waals surface area contributed by atoms with Gasteiger partial charge >= 0.3 is 6.18 Å². The number of nitrogens with zero attached hydrogens (tertiary/aromatic N) is 2. The van der Waals surface area contributed by atoms with Crippen LogP contribution in [0.3, 0.4) is 0 Å². The number of alkyl halides is 3. The molecule has 1 aromatic carbocycles. The first-order chi connectivity index (χ1) is 11.4. The van der Waals surface area contributed by atoms with Crippen molar-refractivity contribution in [2.24, 2.45) is 4.99 Å². The van der Waals surface area contributed by atoms with E-state index in [0.717, 1.165) is 25.1 Å². The van der Waals surface area contributed by atoms with E-state index in [9.17, 15) is 17.6 Å². The molecule has 0 radical (unpaired) electrons. The fourth-order valence-electron chi connectivity index (χ4n) is 2.71. The lowest BCUT2D eigenvalue weighted by Crippen LogP contribution is -2.51. The van der Waals surface area contributed by atoms with E-state index in [-0.39, 0.29) is 18.4 Å². The van der Waals surface area contributed by atoms with Crippen LogP contribution in [0.5, 0.6) is 0 Å². The summed E-state index contributed by atoms with van der Waals surface area (Å²) in [5.74, 6) is 0.0672. The van der Waals surface area contributed by atoms with E-state index in [1.54, 1.807) is 6.07 Å². The van der Waals surface area contributed by atoms with E-state index < -0.39 is 12.6 Å². The number of nitrogens with one attached hydrogen (secondary N) is 2. The zero-order valence-corrected chi connectivity index (χ0v) is 13.5. The SMILES string of the molecule is CN=C(NCCC(F)(F)F)NC1CCCN(c2cccc(F)c2)C1. The molecular formula is C16H22F4N4. The molecule has 0 aliphatic carbocycles. The van der Waals surface area contributed by atoms with Crippen molar-refractivity contribution in [3.8, 4) is 0 Å². The van der Waals surface area contributed by atoms with Crippen molar-refractivity contribution in [1.29, 1.82) is 0 Å². The third kappa shape index (κ3) is 5.90. The molecule has 1 saturated heterocycles. The lowest BCUT2D eigenvalue weighted by molar-refractivity contribution is -0.132. The fourth-order valence-corrected chi connectivity index (χ4v) is 2.71. The molecule has 1 aliphatic heterocycles. The number of hydrogen-bond acceptors (Lipinski definition) is 2. The molecule has 1 unspecified atom stereocenters. The molecule has 8 heteroatoms. The van der Waals surface area contributed by atoms with Gasteiger partial charge in [-0.05, 0) is 31.0 Å². The number of rotatable bonds is 4. The zero-order chi connectivity index (χ0) is 17.6. The van der Waals surface area contributed by atoms with Gasteiger partial charge in [-0.25, -0.2) is 4.39 Å². The normalized spacial score (nSPS) is 19.3. The average molecular weight is 346 g/mol. The molecule has 0 aromatic heterocycles. The second-order valence-electron chi connectivity index (χ2n) is 5.77. The van der Waals surface area contributed by atoms with Gasteiger partial charge in [0.1, 0.15) is 5.82 Å². The van der Waals surface area contributed by atoms with Crippen molar-refractivity contribution in [3.05, 3.63) is 30.1 Å².